The largest absolute Gasteiger partial charge is 0.346 e. The number of nitrogens with zero attached hydrogens (tertiary/aromatic N) is 2. The molecule has 1 saturated carbocycles. The number of hydrogen-bond acceptors (Lipinski definition) is 7. The molecule has 2 aliphatic rings. The molecule has 286 valence electrons. The summed E-state index contributed by atoms with van der Waals surface area (Å²) in [6.07, 6.45) is 3.07. The molecule has 0 spiro atoms. The zero-order chi connectivity index (χ0) is 38.8. The van der Waals surface area contributed by atoms with E-state index < -0.39 is 80.1 Å². The lowest BCUT2D eigenvalue weighted by atomic mass is 9.85. The Bertz CT molecular complexity index is 1410. The minimum atomic E-state index is -3.78. The molecule has 0 aromatic heterocycles. The number of rotatable bonds is 15. The first-order chi connectivity index (χ1) is 22.6. The van der Waals surface area contributed by atoms with Crippen molar-refractivity contribution in [1.82, 2.24) is 30.5 Å². The first kappa shape index (κ1) is 43.2. The topological polar surface area (TPSA) is 174 Å². The molecule has 1 saturated heterocycles. The Kier molecular flexibility index (Phi) is 13.6. The predicted molar refractivity (Wildman–Crippen MR) is 195 cm³/mol. The van der Waals surface area contributed by atoms with Crippen molar-refractivity contribution >= 4 is 39.6 Å². The molecule has 0 radical (unpaired) electrons. The molecule has 1 unspecified atom stereocenters. The van der Waals surface area contributed by atoms with E-state index in [0.717, 1.165) is 6.42 Å². The van der Waals surface area contributed by atoms with Gasteiger partial charge in [0.05, 0.1) is 17.8 Å². The second-order valence-electron chi connectivity index (χ2n) is 17.7. The Morgan fingerprint density at radius 3 is 2.02 bits per heavy atom. The van der Waals surface area contributed by atoms with Gasteiger partial charge in [0.2, 0.25) is 27.6 Å². The molecule has 2 fully saturated rings. The summed E-state index contributed by atoms with van der Waals surface area (Å²) in [5.41, 5.74) is -2.33. The van der Waals surface area contributed by atoms with Crippen molar-refractivity contribution in [3.8, 4) is 0 Å². The quantitative estimate of drug-likeness (QED) is 0.148. The van der Waals surface area contributed by atoms with E-state index in [1.165, 1.54) is 22.3 Å². The van der Waals surface area contributed by atoms with Crippen LogP contribution in [0.3, 0.4) is 0 Å². The highest BCUT2D eigenvalue weighted by Gasteiger charge is 2.70. The molecule has 0 aromatic rings. The Labute approximate surface area is 300 Å². The van der Waals surface area contributed by atoms with E-state index in [1.54, 1.807) is 41.5 Å². The van der Waals surface area contributed by atoms with Gasteiger partial charge in [-0.15, -0.1) is 6.58 Å². The van der Waals surface area contributed by atoms with Gasteiger partial charge >= 0.3 is 6.03 Å². The summed E-state index contributed by atoms with van der Waals surface area (Å²) in [5, 5.41) is 10.9. The third-order valence-electron chi connectivity index (χ3n) is 10.3. The lowest BCUT2D eigenvalue weighted by molar-refractivity contribution is -0.145. The average molecular weight is 725 g/mol. The summed E-state index contributed by atoms with van der Waals surface area (Å²) >= 11 is 0. The van der Waals surface area contributed by atoms with E-state index in [2.05, 4.69) is 27.8 Å². The Balaban J connectivity index is 2.37. The summed E-state index contributed by atoms with van der Waals surface area (Å²) in [6.45, 7) is 26.2. The molecule has 1 aliphatic carbocycles. The molecule has 5 amide bonds. The standard InChI is InChI=1S/C36H64N6O7S/c1-15-17-18-23(27(43)30(45)37-19-16-2)38-29(44)26-25-22(36(25,12)13)20-42(26)31(46)28(34(6,7)8)40-32(47)39-24(33(3,4)5)21-50(48,49)41(14)35(9,10)11/h16,22-26,28H,2,15,17-21H2,1,3-14H3,(H,37,45)(H,38,44)(H2,39,40,47)/t22-,23?,24+,25-,26-,28+/m0/s1. The van der Waals surface area contributed by atoms with Gasteiger partial charge in [0, 0.05) is 25.7 Å². The lowest BCUT2D eigenvalue weighted by Crippen LogP contribution is -2.62. The van der Waals surface area contributed by atoms with E-state index in [-0.39, 0.29) is 36.0 Å². The van der Waals surface area contributed by atoms with E-state index >= 15 is 0 Å². The number of fused-ring (bicyclic) bond motifs is 1. The highest BCUT2D eigenvalue weighted by atomic mass is 32.2. The third-order valence-corrected chi connectivity index (χ3v) is 12.5. The van der Waals surface area contributed by atoms with Gasteiger partial charge in [-0.05, 0) is 55.3 Å². The van der Waals surface area contributed by atoms with Gasteiger partial charge in [-0.25, -0.2) is 13.2 Å². The number of piperidine rings is 1. The summed E-state index contributed by atoms with van der Waals surface area (Å²) < 4.78 is 28.0. The fraction of sp³-hybridized carbons (Fsp3) is 0.806. The van der Waals surface area contributed by atoms with Crippen LogP contribution < -0.4 is 21.3 Å². The minimum Gasteiger partial charge on any atom is -0.346 e. The second kappa shape index (κ2) is 15.7. The number of ketones is 1. The molecule has 13 nitrogen and oxygen atoms in total. The van der Waals surface area contributed by atoms with Crippen LogP contribution in [0.25, 0.3) is 0 Å². The maximum atomic E-state index is 14.4. The Morgan fingerprint density at radius 1 is 0.960 bits per heavy atom. The number of carbonyl (C=O) groups is 5. The maximum absolute atomic E-state index is 14.4. The third kappa shape index (κ3) is 10.3. The predicted octanol–water partition coefficient (Wildman–Crippen LogP) is 3.20. The van der Waals surface area contributed by atoms with Crippen LogP contribution in [0.15, 0.2) is 12.7 Å². The van der Waals surface area contributed by atoms with E-state index in [0.29, 0.717) is 13.0 Å². The number of hydrogen-bond donors (Lipinski definition) is 4. The molecular weight excluding hydrogens is 660 g/mol. The molecule has 0 bridgehead atoms. The summed E-state index contributed by atoms with van der Waals surface area (Å²) in [7, 11) is -2.26. The van der Waals surface area contributed by atoms with Crippen LogP contribution in [-0.2, 0) is 29.2 Å². The van der Waals surface area contributed by atoms with E-state index in [4.69, 9.17) is 0 Å². The van der Waals surface area contributed by atoms with Crippen molar-refractivity contribution in [3.63, 3.8) is 0 Å². The van der Waals surface area contributed by atoms with E-state index in [1.807, 2.05) is 41.5 Å². The molecule has 1 heterocycles. The van der Waals surface area contributed by atoms with Crippen LogP contribution in [0.5, 0.6) is 0 Å². The smallest absolute Gasteiger partial charge is 0.315 e. The fourth-order valence-corrected chi connectivity index (χ4v) is 8.61. The number of unbranched alkanes of at least 4 members (excludes halogenated alkanes) is 1. The number of amides is 5. The van der Waals surface area contributed by atoms with Gasteiger partial charge in [0.15, 0.2) is 0 Å². The highest BCUT2D eigenvalue weighted by molar-refractivity contribution is 7.89. The molecule has 14 heteroatoms. The molecular formula is C36H64N6O7S. The van der Waals surface area contributed by atoms with Gasteiger partial charge < -0.3 is 26.2 Å². The van der Waals surface area contributed by atoms with Crippen LogP contribution in [0, 0.1) is 28.1 Å². The first-order valence-electron chi connectivity index (χ1n) is 17.7. The van der Waals surface area contributed by atoms with Crippen molar-refractivity contribution in [2.75, 3.05) is 25.9 Å². The van der Waals surface area contributed by atoms with E-state index in [9.17, 15) is 32.4 Å². The van der Waals surface area contributed by atoms with Crippen molar-refractivity contribution < 1.29 is 32.4 Å². The Morgan fingerprint density at radius 2 is 1.54 bits per heavy atom. The number of urea groups is 1. The molecule has 2 rings (SSSR count). The molecule has 6 atom stereocenters. The zero-order valence-corrected chi connectivity index (χ0v) is 33.5. The average Bonchev–Trinajstić information content (AvgIpc) is 3.29. The van der Waals surface area contributed by atoms with Crippen LogP contribution >= 0.6 is 0 Å². The molecule has 4 N–H and O–H groups in total. The number of nitrogens with one attached hydrogen (secondary N) is 4. The van der Waals surface area contributed by atoms with Gasteiger partial charge in [-0.3, -0.25) is 19.2 Å². The lowest BCUT2D eigenvalue weighted by Gasteiger charge is -2.39. The molecule has 0 aromatic carbocycles. The fourth-order valence-electron chi connectivity index (χ4n) is 6.55. The zero-order valence-electron chi connectivity index (χ0n) is 32.7. The van der Waals surface area contributed by atoms with Crippen LogP contribution in [0.2, 0.25) is 0 Å². The first-order valence-corrected chi connectivity index (χ1v) is 19.3. The van der Waals surface area contributed by atoms with Crippen LogP contribution in [0.4, 0.5) is 4.79 Å². The number of Topliss-reactive ketones (excluding diaryl/α,β-unsaturated/α-hetero) is 1. The summed E-state index contributed by atoms with van der Waals surface area (Å²) in [5.74, 6) is -3.03. The monoisotopic (exact) mass is 724 g/mol. The van der Waals surface area contributed by atoms with Crippen LogP contribution in [0.1, 0.15) is 102 Å². The van der Waals surface area contributed by atoms with Crippen molar-refractivity contribution in [1.29, 1.82) is 0 Å². The van der Waals surface area contributed by atoms with Crippen molar-refractivity contribution in [2.24, 2.45) is 28.1 Å². The summed E-state index contributed by atoms with van der Waals surface area (Å²) in [4.78, 5) is 69.2. The van der Waals surface area contributed by atoms with Crippen LogP contribution in [-0.4, -0.2) is 103 Å². The highest BCUT2D eigenvalue weighted by Crippen LogP contribution is 2.65. The summed E-state index contributed by atoms with van der Waals surface area (Å²) in [6, 6.07) is -4.54. The number of carbonyl (C=O) groups excluding carboxylic acids is 5. The maximum Gasteiger partial charge on any atom is 0.315 e. The van der Waals surface area contributed by atoms with Gasteiger partial charge in [-0.2, -0.15) is 4.31 Å². The van der Waals surface area contributed by atoms with Crippen molar-refractivity contribution in [3.05, 3.63) is 12.7 Å². The second-order valence-corrected chi connectivity index (χ2v) is 19.8. The minimum absolute atomic E-state index is 0.0348. The molecule has 50 heavy (non-hydrogen) atoms. The van der Waals surface area contributed by atoms with Gasteiger partial charge in [0.25, 0.3) is 5.91 Å². The number of sulfonamides is 1. The molecule has 1 aliphatic heterocycles. The SMILES string of the molecule is C=CCNC(=O)C(=O)C(CCCC)NC(=O)[C@@H]1[C@@H]2[C@H](CN1C(=O)[C@@H](NC(=O)N[C@H](CS(=O)(=O)N(C)C(C)(C)C)C(C)(C)C)C(C)(C)C)C2(C)C. The number of likely N-dealkylation sites (tertiary alicyclic amines) is 1. The van der Waals surface area contributed by atoms with Gasteiger partial charge in [0.1, 0.15) is 12.1 Å². The normalized spacial score (nSPS) is 22.1. The Hall–Kier alpha value is -3.00. The van der Waals surface area contributed by atoms with Gasteiger partial charge in [-0.1, -0.05) is 81.2 Å². The van der Waals surface area contributed by atoms with Crippen molar-refractivity contribution in [2.45, 2.75) is 132 Å².